The van der Waals surface area contributed by atoms with Gasteiger partial charge in [-0.1, -0.05) is 0 Å². The average molecular weight is 349 g/mol. The van der Waals surface area contributed by atoms with Crippen LogP contribution in [0.4, 0.5) is 0 Å². The SMILES string of the molecule is CN=C(NCCCOCC1CCOC1)N1CCC(c2cnn(C)c2)C1. The Kier molecular flexibility index (Phi) is 6.69. The van der Waals surface area contributed by atoms with Crippen molar-refractivity contribution in [2.45, 2.75) is 25.2 Å². The van der Waals surface area contributed by atoms with Crippen LogP contribution in [0.5, 0.6) is 0 Å². The Morgan fingerprint density at radius 1 is 1.48 bits per heavy atom. The molecule has 2 saturated heterocycles. The number of nitrogens with zero attached hydrogens (tertiary/aromatic N) is 4. The van der Waals surface area contributed by atoms with Crippen LogP contribution in [0.25, 0.3) is 0 Å². The van der Waals surface area contributed by atoms with Gasteiger partial charge in [-0.15, -0.1) is 0 Å². The lowest BCUT2D eigenvalue weighted by atomic mass is 10.0. The van der Waals surface area contributed by atoms with Gasteiger partial charge in [-0.3, -0.25) is 9.67 Å². The second kappa shape index (κ2) is 9.20. The Hall–Kier alpha value is -1.60. The highest BCUT2D eigenvalue weighted by Crippen LogP contribution is 2.26. The van der Waals surface area contributed by atoms with E-state index in [9.17, 15) is 0 Å². The number of ether oxygens (including phenoxy) is 2. The van der Waals surface area contributed by atoms with Gasteiger partial charge in [0.05, 0.1) is 19.4 Å². The standard InChI is InChI=1S/C18H31N5O2/c1-19-18(20-6-3-8-24-13-15-5-9-25-14-15)23-7-4-16(12-23)17-10-21-22(2)11-17/h10-11,15-16H,3-9,12-14H2,1-2H3,(H,19,20). The predicted octanol–water partition coefficient (Wildman–Crippen LogP) is 1.23. The topological polar surface area (TPSA) is 63.9 Å². The number of hydrogen-bond acceptors (Lipinski definition) is 4. The number of aromatic nitrogens is 2. The Morgan fingerprint density at radius 2 is 2.40 bits per heavy atom. The third kappa shape index (κ3) is 5.19. The van der Waals surface area contributed by atoms with E-state index in [0.29, 0.717) is 11.8 Å². The summed E-state index contributed by atoms with van der Waals surface area (Å²) >= 11 is 0. The van der Waals surface area contributed by atoms with Crippen LogP contribution in [0.15, 0.2) is 17.4 Å². The third-order valence-electron chi connectivity index (χ3n) is 5.02. The van der Waals surface area contributed by atoms with Crippen molar-refractivity contribution in [2.75, 3.05) is 53.1 Å². The highest BCUT2D eigenvalue weighted by molar-refractivity contribution is 5.80. The van der Waals surface area contributed by atoms with E-state index in [1.54, 1.807) is 0 Å². The normalized spacial score (nSPS) is 24.2. The molecule has 7 nitrogen and oxygen atoms in total. The first-order chi connectivity index (χ1) is 12.3. The van der Waals surface area contributed by atoms with E-state index in [4.69, 9.17) is 9.47 Å². The van der Waals surface area contributed by atoms with E-state index in [1.165, 1.54) is 5.56 Å². The molecule has 2 aliphatic rings. The van der Waals surface area contributed by atoms with Gasteiger partial charge in [-0.25, -0.2) is 0 Å². The minimum Gasteiger partial charge on any atom is -0.381 e. The minimum absolute atomic E-state index is 0.546. The highest BCUT2D eigenvalue weighted by Gasteiger charge is 2.26. The molecule has 1 aromatic rings. The van der Waals surface area contributed by atoms with Crippen LogP contribution in [0, 0.1) is 5.92 Å². The number of guanidine groups is 1. The average Bonchev–Trinajstić information content (AvgIpc) is 3.35. The maximum absolute atomic E-state index is 5.75. The molecule has 7 heteroatoms. The predicted molar refractivity (Wildman–Crippen MR) is 97.9 cm³/mol. The van der Waals surface area contributed by atoms with Crippen molar-refractivity contribution in [1.29, 1.82) is 0 Å². The lowest BCUT2D eigenvalue weighted by Gasteiger charge is -2.21. The van der Waals surface area contributed by atoms with Crippen molar-refractivity contribution in [1.82, 2.24) is 20.0 Å². The van der Waals surface area contributed by atoms with Crippen LogP contribution in [0.2, 0.25) is 0 Å². The van der Waals surface area contributed by atoms with Gasteiger partial charge in [0, 0.05) is 65.0 Å². The zero-order valence-electron chi connectivity index (χ0n) is 15.5. The summed E-state index contributed by atoms with van der Waals surface area (Å²) in [6, 6.07) is 0. The second-order valence-electron chi connectivity index (χ2n) is 7.01. The van der Waals surface area contributed by atoms with Crippen LogP contribution >= 0.6 is 0 Å². The molecular weight excluding hydrogens is 318 g/mol. The number of hydrogen-bond donors (Lipinski definition) is 1. The number of rotatable bonds is 7. The first kappa shape index (κ1) is 18.2. The lowest BCUT2D eigenvalue weighted by molar-refractivity contribution is 0.0887. The summed E-state index contributed by atoms with van der Waals surface area (Å²) in [5.74, 6) is 2.13. The van der Waals surface area contributed by atoms with Gasteiger partial charge < -0.3 is 19.7 Å². The van der Waals surface area contributed by atoms with Gasteiger partial charge in [0.2, 0.25) is 0 Å². The van der Waals surface area contributed by atoms with Gasteiger partial charge in [0.25, 0.3) is 0 Å². The van der Waals surface area contributed by atoms with Gasteiger partial charge >= 0.3 is 0 Å². The Balaban J connectivity index is 1.32. The summed E-state index contributed by atoms with van der Waals surface area (Å²) in [4.78, 5) is 6.78. The van der Waals surface area contributed by atoms with Gasteiger partial charge in [-0.2, -0.15) is 5.10 Å². The molecule has 0 saturated carbocycles. The second-order valence-corrected chi connectivity index (χ2v) is 7.01. The van der Waals surface area contributed by atoms with Gasteiger partial charge in [0.15, 0.2) is 5.96 Å². The summed E-state index contributed by atoms with van der Waals surface area (Å²) in [6.07, 6.45) is 7.39. The fourth-order valence-electron chi connectivity index (χ4n) is 3.55. The fraction of sp³-hybridized carbons (Fsp3) is 0.778. The monoisotopic (exact) mass is 349 g/mol. The summed E-state index contributed by atoms with van der Waals surface area (Å²) in [5.41, 5.74) is 1.32. The van der Waals surface area contributed by atoms with Crippen LogP contribution in [0.3, 0.4) is 0 Å². The number of aliphatic imine (C=N–C) groups is 1. The molecule has 1 aromatic heterocycles. The Labute approximate surface area is 150 Å². The van der Waals surface area contributed by atoms with E-state index >= 15 is 0 Å². The quantitative estimate of drug-likeness (QED) is 0.456. The van der Waals surface area contributed by atoms with Crippen LogP contribution in [0.1, 0.15) is 30.7 Å². The van der Waals surface area contributed by atoms with E-state index in [0.717, 1.165) is 71.3 Å². The molecule has 3 heterocycles. The molecule has 0 aromatic carbocycles. The number of aryl methyl sites for hydroxylation is 1. The first-order valence-electron chi connectivity index (χ1n) is 9.36. The molecule has 25 heavy (non-hydrogen) atoms. The van der Waals surface area contributed by atoms with Crippen molar-refractivity contribution in [3.8, 4) is 0 Å². The molecule has 1 N–H and O–H groups in total. The smallest absolute Gasteiger partial charge is 0.193 e. The lowest BCUT2D eigenvalue weighted by Crippen LogP contribution is -2.40. The molecule has 0 radical (unpaired) electrons. The summed E-state index contributed by atoms with van der Waals surface area (Å²) < 4.78 is 13.0. The minimum atomic E-state index is 0.546. The summed E-state index contributed by atoms with van der Waals surface area (Å²) in [5, 5.41) is 7.76. The molecule has 2 fully saturated rings. The van der Waals surface area contributed by atoms with Crippen molar-refractivity contribution >= 4 is 5.96 Å². The maximum Gasteiger partial charge on any atom is 0.193 e. The molecule has 2 atom stereocenters. The maximum atomic E-state index is 5.75. The van der Waals surface area contributed by atoms with E-state index in [-0.39, 0.29) is 0 Å². The van der Waals surface area contributed by atoms with E-state index < -0.39 is 0 Å². The van der Waals surface area contributed by atoms with E-state index in [1.807, 2.05) is 25.0 Å². The number of likely N-dealkylation sites (tertiary alicyclic amines) is 1. The molecule has 140 valence electrons. The molecule has 0 amide bonds. The van der Waals surface area contributed by atoms with Crippen molar-refractivity contribution in [3.05, 3.63) is 18.0 Å². The molecular formula is C18H31N5O2. The van der Waals surface area contributed by atoms with Crippen LogP contribution < -0.4 is 5.32 Å². The Morgan fingerprint density at radius 3 is 3.12 bits per heavy atom. The van der Waals surface area contributed by atoms with Gasteiger partial charge in [-0.05, 0) is 24.8 Å². The molecule has 2 unspecified atom stereocenters. The molecule has 2 aliphatic heterocycles. The van der Waals surface area contributed by atoms with Crippen LogP contribution in [-0.4, -0.2) is 73.7 Å². The zero-order chi connectivity index (χ0) is 17.5. The molecule has 0 bridgehead atoms. The van der Waals surface area contributed by atoms with Crippen LogP contribution in [-0.2, 0) is 16.5 Å². The third-order valence-corrected chi connectivity index (χ3v) is 5.02. The fourth-order valence-corrected chi connectivity index (χ4v) is 3.55. The van der Waals surface area contributed by atoms with Crippen molar-refractivity contribution in [3.63, 3.8) is 0 Å². The first-order valence-corrected chi connectivity index (χ1v) is 9.36. The highest BCUT2D eigenvalue weighted by atomic mass is 16.5. The summed E-state index contributed by atoms with van der Waals surface area (Å²) in [7, 11) is 3.83. The molecule has 3 rings (SSSR count). The number of nitrogens with one attached hydrogen (secondary N) is 1. The van der Waals surface area contributed by atoms with E-state index in [2.05, 4.69) is 26.5 Å². The molecule has 0 aliphatic carbocycles. The zero-order valence-corrected chi connectivity index (χ0v) is 15.5. The van der Waals surface area contributed by atoms with Crippen molar-refractivity contribution in [2.24, 2.45) is 18.0 Å². The van der Waals surface area contributed by atoms with Gasteiger partial charge in [0.1, 0.15) is 0 Å². The molecule has 0 spiro atoms. The largest absolute Gasteiger partial charge is 0.381 e. The Bertz CT molecular complexity index is 553. The summed E-state index contributed by atoms with van der Waals surface area (Å²) in [6.45, 7) is 6.30. The van der Waals surface area contributed by atoms with Crippen molar-refractivity contribution < 1.29 is 9.47 Å².